The highest BCUT2D eigenvalue weighted by atomic mass is 16.1. The average Bonchev–Trinajstić information content (AvgIpc) is 3.20. The Morgan fingerprint density at radius 2 is 1.54 bits per heavy atom. The van der Waals surface area contributed by atoms with Crippen molar-refractivity contribution in [2.45, 2.75) is 25.9 Å². The molecule has 1 amide bonds. The lowest BCUT2D eigenvalue weighted by Gasteiger charge is -2.17. The van der Waals surface area contributed by atoms with Gasteiger partial charge >= 0.3 is 0 Å². The molecular formula is C23H24N2O. The Labute approximate surface area is 154 Å². The van der Waals surface area contributed by atoms with Crippen molar-refractivity contribution in [1.82, 2.24) is 10.2 Å². The van der Waals surface area contributed by atoms with Crippen LogP contribution in [-0.2, 0) is 13.1 Å². The Morgan fingerprint density at radius 1 is 0.846 bits per heavy atom. The Hall–Kier alpha value is -2.65. The van der Waals surface area contributed by atoms with E-state index in [4.69, 9.17) is 0 Å². The zero-order valence-corrected chi connectivity index (χ0v) is 14.9. The van der Waals surface area contributed by atoms with Crippen LogP contribution in [0.2, 0.25) is 0 Å². The third kappa shape index (κ3) is 3.78. The second kappa shape index (κ2) is 7.71. The number of hydrogen-bond donors (Lipinski definition) is 1. The van der Waals surface area contributed by atoms with Gasteiger partial charge in [-0.25, -0.2) is 0 Å². The summed E-state index contributed by atoms with van der Waals surface area (Å²) in [5, 5.41) is 5.33. The van der Waals surface area contributed by atoms with Gasteiger partial charge in [0.2, 0.25) is 0 Å². The molecule has 1 heterocycles. The van der Waals surface area contributed by atoms with Crippen molar-refractivity contribution >= 4 is 16.7 Å². The minimum absolute atomic E-state index is 0.0215. The van der Waals surface area contributed by atoms with E-state index < -0.39 is 0 Å². The maximum atomic E-state index is 12.6. The molecule has 0 spiro atoms. The minimum Gasteiger partial charge on any atom is -0.348 e. The summed E-state index contributed by atoms with van der Waals surface area (Å²) in [5.74, 6) is -0.0215. The lowest BCUT2D eigenvalue weighted by Crippen LogP contribution is -2.25. The number of nitrogens with zero attached hydrogens (tertiary/aromatic N) is 1. The summed E-state index contributed by atoms with van der Waals surface area (Å²) in [5.41, 5.74) is 3.22. The summed E-state index contributed by atoms with van der Waals surface area (Å²) in [6.45, 7) is 3.90. The van der Waals surface area contributed by atoms with E-state index in [-0.39, 0.29) is 5.91 Å². The van der Waals surface area contributed by atoms with Crippen LogP contribution in [0.15, 0.2) is 66.7 Å². The van der Waals surface area contributed by atoms with Crippen LogP contribution in [0.3, 0.4) is 0 Å². The summed E-state index contributed by atoms with van der Waals surface area (Å²) in [6.07, 6.45) is 2.59. The van der Waals surface area contributed by atoms with Crippen molar-refractivity contribution in [3.8, 4) is 0 Å². The van der Waals surface area contributed by atoms with Crippen LogP contribution in [0, 0.1) is 0 Å². The monoisotopic (exact) mass is 344 g/mol. The topological polar surface area (TPSA) is 32.3 Å². The first kappa shape index (κ1) is 16.8. The fraction of sp³-hybridized carbons (Fsp3) is 0.261. The number of rotatable bonds is 5. The standard InChI is InChI=1S/C23H24N2O/c26-23(20-12-11-18-7-1-2-8-19(18)15-20)24-16-21-9-3-4-10-22(21)17-25-13-5-6-14-25/h1-4,7-12,15H,5-6,13-14,16-17H2,(H,24,26). The zero-order valence-electron chi connectivity index (χ0n) is 14.9. The van der Waals surface area contributed by atoms with E-state index in [1.165, 1.54) is 37.1 Å². The molecule has 1 fully saturated rings. The number of fused-ring (bicyclic) bond motifs is 1. The predicted octanol–water partition coefficient (Wildman–Crippen LogP) is 4.37. The normalized spacial score (nSPS) is 14.6. The molecule has 1 saturated heterocycles. The van der Waals surface area contributed by atoms with Crippen molar-refractivity contribution in [2.24, 2.45) is 0 Å². The van der Waals surface area contributed by atoms with Crippen molar-refractivity contribution in [3.63, 3.8) is 0 Å². The molecule has 0 bridgehead atoms. The molecule has 132 valence electrons. The van der Waals surface area contributed by atoms with Crippen molar-refractivity contribution < 1.29 is 4.79 Å². The smallest absolute Gasteiger partial charge is 0.251 e. The Morgan fingerprint density at radius 3 is 2.35 bits per heavy atom. The molecule has 0 aromatic heterocycles. The van der Waals surface area contributed by atoms with E-state index >= 15 is 0 Å². The highest BCUT2D eigenvalue weighted by molar-refractivity contribution is 5.98. The molecule has 0 atom stereocenters. The first-order valence-corrected chi connectivity index (χ1v) is 9.36. The lowest BCUT2D eigenvalue weighted by atomic mass is 10.1. The largest absolute Gasteiger partial charge is 0.348 e. The molecule has 3 nitrogen and oxygen atoms in total. The SMILES string of the molecule is O=C(NCc1ccccc1CN1CCCC1)c1ccc2ccccc2c1. The highest BCUT2D eigenvalue weighted by Gasteiger charge is 2.14. The third-order valence-electron chi connectivity index (χ3n) is 5.16. The summed E-state index contributed by atoms with van der Waals surface area (Å²) >= 11 is 0. The van der Waals surface area contributed by atoms with Crippen LogP contribution in [0.4, 0.5) is 0 Å². The van der Waals surface area contributed by atoms with E-state index in [2.05, 4.69) is 34.5 Å². The first-order valence-electron chi connectivity index (χ1n) is 9.36. The Kier molecular flexibility index (Phi) is 4.98. The highest BCUT2D eigenvalue weighted by Crippen LogP contribution is 2.18. The number of likely N-dealkylation sites (tertiary alicyclic amines) is 1. The molecule has 3 aromatic carbocycles. The van der Waals surface area contributed by atoms with Gasteiger partial charge in [-0.3, -0.25) is 9.69 Å². The fourth-order valence-corrected chi connectivity index (χ4v) is 3.67. The molecule has 26 heavy (non-hydrogen) atoms. The molecule has 4 rings (SSSR count). The van der Waals surface area contributed by atoms with Gasteiger partial charge in [0.15, 0.2) is 0 Å². The molecule has 1 N–H and O–H groups in total. The van der Waals surface area contributed by atoms with Crippen LogP contribution in [0.5, 0.6) is 0 Å². The first-order chi connectivity index (χ1) is 12.8. The molecule has 0 radical (unpaired) electrons. The van der Waals surface area contributed by atoms with E-state index in [9.17, 15) is 4.79 Å². The van der Waals surface area contributed by atoms with Gasteiger partial charge in [0, 0.05) is 18.7 Å². The van der Waals surface area contributed by atoms with Gasteiger partial charge in [-0.2, -0.15) is 0 Å². The van der Waals surface area contributed by atoms with Gasteiger partial charge in [0.1, 0.15) is 0 Å². The number of benzene rings is 3. The summed E-state index contributed by atoms with van der Waals surface area (Å²) in [4.78, 5) is 15.1. The molecule has 3 heteroatoms. The van der Waals surface area contributed by atoms with Gasteiger partial charge in [-0.05, 0) is 60.0 Å². The Balaban J connectivity index is 1.45. The fourth-order valence-electron chi connectivity index (χ4n) is 3.67. The molecule has 3 aromatic rings. The molecule has 0 unspecified atom stereocenters. The van der Waals surface area contributed by atoms with Gasteiger partial charge < -0.3 is 5.32 Å². The maximum Gasteiger partial charge on any atom is 0.251 e. The van der Waals surface area contributed by atoms with Gasteiger partial charge in [-0.15, -0.1) is 0 Å². The maximum absolute atomic E-state index is 12.6. The van der Waals surface area contributed by atoms with E-state index in [1.54, 1.807) is 0 Å². The lowest BCUT2D eigenvalue weighted by molar-refractivity contribution is 0.0951. The summed E-state index contributed by atoms with van der Waals surface area (Å²) in [7, 11) is 0. The van der Waals surface area contributed by atoms with Crippen LogP contribution in [-0.4, -0.2) is 23.9 Å². The summed E-state index contributed by atoms with van der Waals surface area (Å²) < 4.78 is 0. The second-order valence-electron chi connectivity index (χ2n) is 7.00. The number of carbonyl (C=O) groups excluding carboxylic acids is 1. The predicted molar refractivity (Wildman–Crippen MR) is 106 cm³/mol. The van der Waals surface area contributed by atoms with Crippen molar-refractivity contribution in [3.05, 3.63) is 83.4 Å². The van der Waals surface area contributed by atoms with Crippen LogP contribution < -0.4 is 5.32 Å². The molecular weight excluding hydrogens is 320 g/mol. The molecule has 0 saturated carbocycles. The van der Waals surface area contributed by atoms with Gasteiger partial charge in [0.25, 0.3) is 5.91 Å². The molecule has 0 aliphatic carbocycles. The van der Waals surface area contributed by atoms with Gasteiger partial charge in [0.05, 0.1) is 0 Å². The molecule has 1 aliphatic rings. The Bertz CT molecular complexity index is 913. The van der Waals surface area contributed by atoms with Gasteiger partial charge in [-0.1, -0.05) is 54.6 Å². The minimum atomic E-state index is -0.0215. The van der Waals surface area contributed by atoms with Crippen LogP contribution >= 0.6 is 0 Å². The molecule has 1 aliphatic heterocycles. The van der Waals surface area contributed by atoms with Crippen LogP contribution in [0.25, 0.3) is 10.8 Å². The number of amides is 1. The van der Waals surface area contributed by atoms with E-state index in [1.807, 2.05) is 42.5 Å². The number of nitrogens with one attached hydrogen (secondary N) is 1. The van der Waals surface area contributed by atoms with E-state index in [0.717, 1.165) is 17.3 Å². The third-order valence-corrected chi connectivity index (χ3v) is 5.16. The van der Waals surface area contributed by atoms with Crippen molar-refractivity contribution in [1.29, 1.82) is 0 Å². The number of carbonyl (C=O) groups is 1. The summed E-state index contributed by atoms with van der Waals surface area (Å²) in [6, 6.07) is 22.4. The van der Waals surface area contributed by atoms with Crippen LogP contribution in [0.1, 0.15) is 34.3 Å². The zero-order chi connectivity index (χ0) is 17.8. The average molecular weight is 344 g/mol. The second-order valence-corrected chi connectivity index (χ2v) is 7.00. The number of hydrogen-bond acceptors (Lipinski definition) is 2. The van der Waals surface area contributed by atoms with Crippen molar-refractivity contribution in [2.75, 3.05) is 13.1 Å². The quantitative estimate of drug-likeness (QED) is 0.745. The van der Waals surface area contributed by atoms with E-state index in [0.29, 0.717) is 12.1 Å².